The highest BCUT2D eigenvalue weighted by Crippen LogP contribution is 2.24. The maximum atomic E-state index is 5.72. The summed E-state index contributed by atoms with van der Waals surface area (Å²) in [5.41, 5.74) is 0.929. The molecule has 0 amide bonds. The van der Waals surface area contributed by atoms with Crippen molar-refractivity contribution in [3.63, 3.8) is 0 Å². The van der Waals surface area contributed by atoms with E-state index in [0.717, 1.165) is 35.9 Å². The van der Waals surface area contributed by atoms with Gasteiger partial charge in [0.1, 0.15) is 5.82 Å². The SMILES string of the molecule is CCCc1nnc(SCc2nnc(-c3ccccc3)o2)n1CC. The summed E-state index contributed by atoms with van der Waals surface area (Å²) in [4.78, 5) is 0. The van der Waals surface area contributed by atoms with Crippen LogP contribution >= 0.6 is 11.8 Å². The maximum absolute atomic E-state index is 5.72. The first-order valence-corrected chi connectivity index (χ1v) is 8.73. The molecule has 0 unspecified atom stereocenters. The fourth-order valence-electron chi connectivity index (χ4n) is 2.29. The molecule has 0 aliphatic rings. The Kier molecular flexibility index (Phi) is 5.07. The van der Waals surface area contributed by atoms with Gasteiger partial charge in [-0.25, -0.2) is 0 Å². The number of aromatic nitrogens is 5. The smallest absolute Gasteiger partial charge is 0.247 e. The van der Waals surface area contributed by atoms with E-state index in [2.05, 4.69) is 38.8 Å². The Balaban J connectivity index is 1.68. The number of aryl methyl sites for hydroxylation is 1. The first kappa shape index (κ1) is 15.7. The quantitative estimate of drug-likeness (QED) is 0.617. The number of rotatable bonds is 7. The van der Waals surface area contributed by atoms with E-state index in [-0.39, 0.29) is 0 Å². The molecule has 23 heavy (non-hydrogen) atoms. The number of hydrogen-bond donors (Lipinski definition) is 0. The Hall–Kier alpha value is -2.15. The van der Waals surface area contributed by atoms with Gasteiger partial charge in [-0.15, -0.1) is 20.4 Å². The first-order valence-electron chi connectivity index (χ1n) is 7.74. The van der Waals surface area contributed by atoms with Gasteiger partial charge in [-0.2, -0.15) is 0 Å². The molecular formula is C16H19N5OS. The molecule has 2 aromatic heterocycles. The fraction of sp³-hybridized carbons (Fsp3) is 0.375. The Morgan fingerprint density at radius 2 is 1.87 bits per heavy atom. The van der Waals surface area contributed by atoms with Crippen molar-refractivity contribution in [2.45, 2.75) is 44.1 Å². The van der Waals surface area contributed by atoms with Gasteiger partial charge in [0.2, 0.25) is 11.8 Å². The lowest BCUT2D eigenvalue weighted by atomic mass is 10.2. The number of benzene rings is 1. The van der Waals surface area contributed by atoms with Crippen LogP contribution in [0.4, 0.5) is 0 Å². The van der Waals surface area contributed by atoms with Crippen LogP contribution in [-0.4, -0.2) is 25.0 Å². The molecule has 0 spiro atoms. The first-order chi connectivity index (χ1) is 11.3. The number of hydrogen-bond acceptors (Lipinski definition) is 6. The zero-order valence-corrected chi connectivity index (χ0v) is 14.1. The van der Waals surface area contributed by atoms with Crippen LogP contribution in [0.3, 0.4) is 0 Å². The Morgan fingerprint density at radius 1 is 1.04 bits per heavy atom. The Bertz CT molecular complexity index is 753. The highest BCUT2D eigenvalue weighted by Gasteiger charge is 2.13. The lowest BCUT2D eigenvalue weighted by molar-refractivity contribution is 0.528. The molecule has 0 aliphatic heterocycles. The minimum absolute atomic E-state index is 0.546. The maximum Gasteiger partial charge on any atom is 0.247 e. The minimum atomic E-state index is 0.546. The van der Waals surface area contributed by atoms with Gasteiger partial charge in [0.25, 0.3) is 0 Å². The second kappa shape index (κ2) is 7.41. The topological polar surface area (TPSA) is 69.6 Å². The number of thioether (sulfide) groups is 1. The largest absolute Gasteiger partial charge is 0.420 e. The van der Waals surface area contributed by atoms with Crippen molar-refractivity contribution in [1.29, 1.82) is 0 Å². The van der Waals surface area contributed by atoms with Crippen LogP contribution in [0.15, 0.2) is 39.9 Å². The summed E-state index contributed by atoms with van der Waals surface area (Å²) in [6, 6.07) is 9.77. The molecule has 1 aromatic carbocycles. The molecule has 0 bridgehead atoms. The van der Waals surface area contributed by atoms with Crippen molar-refractivity contribution in [3.05, 3.63) is 42.0 Å². The molecule has 2 heterocycles. The second-order valence-corrected chi connectivity index (χ2v) is 5.99. The van der Waals surface area contributed by atoms with Crippen molar-refractivity contribution in [2.75, 3.05) is 0 Å². The van der Waals surface area contributed by atoms with E-state index >= 15 is 0 Å². The van der Waals surface area contributed by atoms with Gasteiger partial charge < -0.3 is 8.98 Å². The standard InChI is InChI=1S/C16H19N5OS/c1-3-8-13-17-20-16(21(13)4-2)23-11-14-18-19-15(22-14)12-9-6-5-7-10-12/h5-7,9-10H,3-4,8,11H2,1-2H3. The third-order valence-corrected chi connectivity index (χ3v) is 4.35. The lowest BCUT2D eigenvalue weighted by Crippen LogP contribution is -2.03. The molecule has 0 aliphatic carbocycles. The molecular weight excluding hydrogens is 310 g/mol. The van der Waals surface area contributed by atoms with Crippen LogP contribution in [0, 0.1) is 0 Å². The molecule has 0 radical (unpaired) electrons. The molecule has 3 rings (SSSR count). The van der Waals surface area contributed by atoms with Gasteiger partial charge in [0, 0.05) is 18.5 Å². The summed E-state index contributed by atoms with van der Waals surface area (Å²) < 4.78 is 7.86. The molecule has 0 fully saturated rings. The van der Waals surface area contributed by atoms with Crippen LogP contribution in [0.2, 0.25) is 0 Å². The highest BCUT2D eigenvalue weighted by atomic mass is 32.2. The van der Waals surface area contributed by atoms with Crippen LogP contribution in [0.5, 0.6) is 0 Å². The molecule has 0 saturated carbocycles. The highest BCUT2D eigenvalue weighted by molar-refractivity contribution is 7.98. The van der Waals surface area contributed by atoms with Gasteiger partial charge in [0.15, 0.2) is 5.16 Å². The molecule has 0 atom stereocenters. The summed E-state index contributed by atoms with van der Waals surface area (Å²) in [5.74, 6) is 2.76. The van der Waals surface area contributed by atoms with Gasteiger partial charge >= 0.3 is 0 Å². The second-order valence-electron chi connectivity index (χ2n) is 5.05. The summed E-state index contributed by atoms with van der Waals surface area (Å²) in [7, 11) is 0. The average Bonchev–Trinajstić information content (AvgIpc) is 3.21. The molecule has 120 valence electrons. The van der Waals surface area contributed by atoms with E-state index in [1.165, 1.54) is 0 Å². The van der Waals surface area contributed by atoms with E-state index in [1.54, 1.807) is 11.8 Å². The van der Waals surface area contributed by atoms with Crippen molar-refractivity contribution in [3.8, 4) is 11.5 Å². The van der Waals surface area contributed by atoms with Crippen molar-refractivity contribution >= 4 is 11.8 Å². The predicted octanol–water partition coefficient (Wildman–Crippen LogP) is 3.59. The van der Waals surface area contributed by atoms with E-state index in [4.69, 9.17) is 4.42 Å². The Labute approximate surface area is 139 Å². The molecule has 0 N–H and O–H groups in total. The zero-order chi connectivity index (χ0) is 16.1. The lowest BCUT2D eigenvalue weighted by Gasteiger charge is -2.05. The van der Waals surface area contributed by atoms with Gasteiger partial charge in [0.05, 0.1) is 5.75 Å². The normalized spacial score (nSPS) is 11.0. The van der Waals surface area contributed by atoms with E-state index in [0.29, 0.717) is 17.5 Å². The van der Waals surface area contributed by atoms with Crippen molar-refractivity contribution in [2.24, 2.45) is 0 Å². The summed E-state index contributed by atoms with van der Waals surface area (Å²) in [5, 5.41) is 17.7. The molecule has 3 aromatic rings. The summed E-state index contributed by atoms with van der Waals surface area (Å²) >= 11 is 1.57. The number of nitrogens with zero attached hydrogens (tertiary/aromatic N) is 5. The summed E-state index contributed by atoms with van der Waals surface area (Å²) in [6.45, 7) is 5.11. The third-order valence-electron chi connectivity index (χ3n) is 3.40. The Morgan fingerprint density at radius 3 is 2.61 bits per heavy atom. The fourth-order valence-corrected chi connectivity index (χ4v) is 3.15. The van der Waals surface area contributed by atoms with Gasteiger partial charge in [-0.05, 0) is 25.5 Å². The molecule has 7 heteroatoms. The van der Waals surface area contributed by atoms with Gasteiger partial charge in [-0.1, -0.05) is 36.9 Å². The van der Waals surface area contributed by atoms with Crippen LogP contribution < -0.4 is 0 Å². The molecule has 6 nitrogen and oxygen atoms in total. The van der Waals surface area contributed by atoms with Crippen LogP contribution in [0.25, 0.3) is 11.5 Å². The zero-order valence-electron chi connectivity index (χ0n) is 13.3. The minimum Gasteiger partial charge on any atom is -0.420 e. The average molecular weight is 329 g/mol. The third kappa shape index (κ3) is 3.61. The summed E-state index contributed by atoms with van der Waals surface area (Å²) in [6.07, 6.45) is 2.01. The van der Waals surface area contributed by atoms with Crippen molar-refractivity contribution < 1.29 is 4.42 Å². The van der Waals surface area contributed by atoms with Crippen molar-refractivity contribution in [1.82, 2.24) is 25.0 Å². The molecule has 0 saturated heterocycles. The van der Waals surface area contributed by atoms with Crippen LogP contribution in [0.1, 0.15) is 32.0 Å². The predicted molar refractivity (Wildman–Crippen MR) is 89.0 cm³/mol. The van der Waals surface area contributed by atoms with E-state index < -0.39 is 0 Å². The van der Waals surface area contributed by atoms with E-state index in [9.17, 15) is 0 Å². The van der Waals surface area contributed by atoms with Gasteiger partial charge in [-0.3, -0.25) is 0 Å². The van der Waals surface area contributed by atoms with Crippen LogP contribution in [-0.2, 0) is 18.7 Å². The van der Waals surface area contributed by atoms with E-state index in [1.807, 2.05) is 30.3 Å². The monoisotopic (exact) mass is 329 g/mol.